The Kier molecular flexibility index (Phi) is 11.2. The molecule has 1 aromatic heterocycles. The average molecular weight is 619 g/mol. The Balaban J connectivity index is 1.98. The second-order valence-corrected chi connectivity index (χ2v) is 13.7. The number of carbonyl (C=O) groups excluding carboxylic acids is 2. The number of nitrogens with zero attached hydrogens (tertiary/aromatic N) is 5. The number of hydrogen-bond donors (Lipinski definition) is 1. The predicted molar refractivity (Wildman–Crippen MR) is 168 cm³/mol. The molecule has 0 bridgehead atoms. The zero-order chi connectivity index (χ0) is 31.9. The number of amides is 1. The maximum atomic E-state index is 13.5. The zero-order valence-electron chi connectivity index (χ0n) is 26.6. The van der Waals surface area contributed by atoms with Crippen LogP contribution >= 0.6 is 0 Å². The van der Waals surface area contributed by atoms with Crippen LogP contribution in [0, 0.1) is 0 Å². The van der Waals surface area contributed by atoms with Crippen molar-refractivity contribution in [3.63, 3.8) is 0 Å². The summed E-state index contributed by atoms with van der Waals surface area (Å²) in [6.07, 6.45) is 4.35. The molecule has 1 atom stereocenters. The van der Waals surface area contributed by atoms with Crippen molar-refractivity contribution in [2.45, 2.75) is 85.4 Å². The van der Waals surface area contributed by atoms with Crippen molar-refractivity contribution in [3.8, 4) is 5.75 Å². The van der Waals surface area contributed by atoms with E-state index < -0.39 is 33.7 Å². The van der Waals surface area contributed by atoms with E-state index in [2.05, 4.69) is 10.3 Å². The molecule has 1 aromatic carbocycles. The predicted octanol–water partition coefficient (Wildman–Crippen LogP) is 4.46. The molecular formula is C30H46N6O6S. The summed E-state index contributed by atoms with van der Waals surface area (Å²) >= 11 is 0. The second kappa shape index (κ2) is 14.2. The molecule has 1 aliphatic heterocycles. The van der Waals surface area contributed by atoms with E-state index in [0.717, 1.165) is 24.7 Å². The summed E-state index contributed by atoms with van der Waals surface area (Å²) in [6.45, 7) is 15.5. The molecule has 0 spiro atoms. The van der Waals surface area contributed by atoms with Crippen LogP contribution in [-0.4, -0.2) is 85.5 Å². The normalized spacial score (nSPS) is 14.4. The standard InChI is InChI=1S/C30H46N6O6S/c1-9-34(10-2)28-31-20-25(36(21(3)4)43(8,39)40)26(33-28)32-24(27(37)42-30(5,6)7)19-22-13-15-23(16-14-22)41-29(38)35-17-11-12-18-35/h13-16,20-21,24H,9-12,17-19H2,1-8H3,(H,31,32,33). The fourth-order valence-electron chi connectivity index (χ4n) is 4.86. The molecule has 2 heterocycles. The molecule has 3 rings (SSSR count). The highest BCUT2D eigenvalue weighted by molar-refractivity contribution is 7.92. The molecule has 238 valence electrons. The van der Waals surface area contributed by atoms with Crippen molar-refractivity contribution in [2.24, 2.45) is 0 Å². The van der Waals surface area contributed by atoms with Crippen molar-refractivity contribution < 1.29 is 27.5 Å². The number of aromatic nitrogens is 2. The highest BCUT2D eigenvalue weighted by Crippen LogP contribution is 2.31. The van der Waals surface area contributed by atoms with Crippen LogP contribution in [0.5, 0.6) is 5.75 Å². The topological polar surface area (TPSA) is 134 Å². The minimum Gasteiger partial charge on any atom is -0.458 e. The Labute approximate surface area is 255 Å². The fraction of sp³-hybridized carbons (Fsp3) is 0.600. The molecule has 1 saturated heterocycles. The van der Waals surface area contributed by atoms with Crippen molar-refractivity contribution in [1.29, 1.82) is 0 Å². The Morgan fingerprint density at radius 3 is 2.19 bits per heavy atom. The van der Waals surface area contributed by atoms with Crippen molar-refractivity contribution in [1.82, 2.24) is 14.9 Å². The van der Waals surface area contributed by atoms with Crippen LogP contribution in [0.15, 0.2) is 30.5 Å². The van der Waals surface area contributed by atoms with Crippen LogP contribution in [0.1, 0.15) is 66.9 Å². The number of hydrogen-bond acceptors (Lipinski definition) is 10. The van der Waals surface area contributed by atoms with Gasteiger partial charge in [0.15, 0.2) is 5.82 Å². The number of esters is 1. The van der Waals surface area contributed by atoms with Gasteiger partial charge in [0.25, 0.3) is 0 Å². The van der Waals surface area contributed by atoms with E-state index in [0.29, 0.717) is 37.9 Å². The lowest BCUT2D eigenvalue weighted by Crippen LogP contribution is -2.40. The second-order valence-electron chi connectivity index (χ2n) is 11.9. The van der Waals surface area contributed by atoms with E-state index in [1.165, 1.54) is 10.5 Å². The molecule has 0 radical (unpaired) electrons. The lowest BCUT2D eigenvalue weighted by Gasteiger charge is -2.30. The SMILES string of the molecule is CCN(CC)c1ncc(N(C(C)C)S(C)(=O)=O)c(NC(Cc2ccc(OC(=O)N3CCCC3)cc2)C(=O)OC(C)(C)C)n1. The molecule has 2 aromatic rings. The molecule has 1 aliphatic rings. The molecule has 1 unspecified atom stereocenters. The first-order valence-electron chi connectivity index (χ1n) is 14.8. The number of ether oxygens (including phenoxy) is 2. The zero-order valence-corrected chi connectivity index (χ0v) is 27.4. The summed E-state index contributed by atoms with van der Waals surface area (Å²) in [5, 5.41) is 3.20. The Morgan fingerprint density at radius 2 is 1.67 bits per heavy atom. The summed E-state index contributed by atoms with van der Waals surface area (Å²) in [4.78, 5) is 38.7. The molecule has 13 heteroatoms. The van der Waals surface area contributed by atoms with E-state index in [1.54, 1.807) is 63.8 Å². The van der Waals surface area contributed by atoms with Gasteiger partial charge in [0.05, 0.1) is 12.5 Å². The van der Waals surface area contributed by atoms with Gasteiger partial charge in [-0.15, -0.1) is 0 Å². The number of likely N-dealkylation sites (tertiary alicyclic amines) is 1. The van der Waals surface area contributed by atoms with Crippen LogP contribution in [0.25, 0.3) is 0 Å². The molecule has 43 heavy (non-hydrogen) atoms. The number of carbonyl (C=O) groups is 2. The summed E-state index contributed by atoms with van der Waals surface area (Å²) < 4.78 is 38.2. The molecule has 0 saturated carbocycles. The van der Waals surface area contributed by atoms with Gasteiger partial charge in [0.1, 0.15) is 23.1 Å². The van der Waals surface area contributed by atoms with E-state index in [-0.39, 0.29) is 24.0 Å². The highest BCUT2D eigenvalue weighted by Gasteiger charge is 2.31. The van der Waals surface area contributed by atoms with Gasteiger partial charge in [-0.1, -0.05) is 12.1 Å². The summed E-state index contributed by atoms with van der Waals surface area (Å²) in [6, 6.07) is 5.58. The van der Waals surface area contributed by atoms with Gasteiger partial charge in [-0.2, -0.15) is 4.98 Å². The number of nitrogens with one attached hydrogen (secondary N) is 1. The van der Waals surface area contributed by atoms with Crippen molar-refractivity contribution in [2.75, 3.05) is 47.0 Å². The number of rotatable bonds is 12. The third-order valence-electron chi connectivity index (χ3n) is 6.80. The van der Waals surface area contributed by atoms with E-state index in [1.807, 2.05) is 18.7 Å². The average Bonchev–Trinajstić information content (AvgIpc) is 3.45. The number of anilines is 3. The largest absolute Gasteiger partial charge is 0.458 e. The summed E-state index contributed by atoms with van der Waals surface area (Å²) in [5.41, 5.74) is 0.237. The quantitative estimate of drug-likeness (QED) is 0.340. The molecule has 1 amide bonds. The van der Waals surface area contributed by atoms with Crippen LogP contribution in [0.2, 0.25) is 0 Å². The molecule has 1 fully saturated rings. The van der Waals surface area contributed by atoms with Gasteiger partial charge in [-0.25, -0.2) is 23.0 Å². The lowest BCUT2D eigenvalue weighted by atomic mass is 10.0. The highest BCUT2D eigenvalue weighted by atomic mass is 32.2. The summed E-state index contributed by atoms with van der Waals surface area (Å²) in [5.74, 6) is 0.482. The Hall–Kier alpha value is -3.61. The Morgan fingerprint density at radius 1 is 1.07 bits per heavy atom. The monoisotopic (exact) mass is 618 g/mol. The van der Waals surface area contributed by atoms with E-state index >= 15 is 0 Å². The minimum absolute atomic E-state index is 0.194. The summed E-state index contributed by atoms with van der Waals surface area (Å²) in [7, 11) is -3.71. The van der Waals surface area contributed by atoms with Gasteiger partial charge < -0.3 is 24.6 Å². The maximum Gasteiger partial charge on any atom is 0.415 e. The Bertz CT molecular complexity index is 1350. The molecule has 0 aliphatic carbocycles. The molecular weight excluding hydrogens is 572 g/mol. The first-order valence-corrected chi connectivity index (χ1v) is 16.6. The number of benzene rings is 1. The third kappa shape index (κ3) is 9.44. The van der Waals surface area contributed by atoms with Crippen molar-refractivity contribution in [3.05, 3.63) is 36.0 Å². The fourth-order valence-corrected chi connectivity index (χ4v) is 6.11. The molecule has 12 nitrogen and oxygen atoms in total. The van der Waals surface area contributed by atoms with Crippen LogP contribution in [0.3, 0.4) is 0 Å². The smallest absolute Gasteiger partial charge is 0.415 e. The van der Waals surface area contributed by atoms with Gasteiger partial charge in [0, 0.05) is 38.6 Å². The van der Waals surface area contributed by atoms with Crippen LogP contribution < -0.4 is 19.3 Å². The van der Waals surface area contributed by atoms with Crippen LogP contribution in [0.4, 0.5) is 22.2 Å². The van der Waals surface area contributed by atoms with Gasteiger partial charge in [-0.05, 0) is 79.0 Å². The third-order valence-corrected chi connectivity index (χ3v) is 8.13. The van der Waals surface area contributed by atoms with Gasteiger partial charge >= 0.3 is 12.1 Å². The lowest BCUT2D eigenvalue weighted by molar-refractivity contribution is -0.155. The minimum atomic E-state index is -3.71. The first-order chi connectivity index (χ1) is 20.1. The van der Waals surface area contributed by atoms with Crippen molar-refractivity contribution >= 4 is 39.5 Å². The van der Waals surface area contributed by atoms with E-state index in [4.69, 9.17) is 14.5 Å². The van der Waals surface area contributed by atoms with Gasteiger partial charge in [-0.3, -0.25) is 4.31 Å². The molecule has 1 N–H and O–H groups in total. The van der Waals surface area contributed by atoms with E-state index in [9.17, 15) is 18.0 Å². The van der Waals surface area contributed by atoms with Gasteiger partial charge in [0.2, 0.25) is 16.0 Å². The number of sulfonamides is 1. The first kappa shape index (κ1) is 33.9. The van der Waals surface area contributed by atoms with Crippen LogP contribution in [-0.2, 0) is 26.0 Å². The maximum absolute atomic E-state index is 13.5.